The van der Waals surface area contributed by atoms with Gasteiger partial charge in [0, 0.05) is 21.9 Å². The van der Waals surface area contributed by atoms with Crippen molar-refractivity contribution in [2.24, 2.45) is 0 Å². The predicted molar refractivity (Wildman–Crippen MR) is 234 cm³/mol. The zero-order chi connectivity index (χ0) is 38.1. The van der Waals surface area contributed by atoms with Crippen molar-refractivity contribution in [1.82, 2.24) is 19.5 Å². The third kappa shape index (κ3) is 4.84. The van der Waals surface area contributed by atoms with Crippen LogP contribution < -0.4 is 0 Å². The number of nitrogens with zero attached hydrogens (tertiary/aromatic N) is 4. The molecule has 0 radical (unpaired) electrons. The van der Waals surface area contributed by atoms with Gasteiger partial charge in [0.2, 0.25) is 5.95 Å². The van der Waals surface area contributed by atoms with Crippen LogP contribution in [0.25, 0.3) is 78.4 Å². The Kier molecular flexibility index (Phi) is 7.42. The zero-order valence-corrected chi connectivity index (χ0v) is 31.4. The molecule has 0 saturated heterocycles. The molecule has 2 aromatic heterocycles. The Hall–Kier alpha value is -7.43. The van der Waals surface area contributed by atoms with E-state index < -0.39 is 5.41 Å². The van der Waals surface area contributed by atoms with Crippen LogP contribution in [-0.4, -0.2) is 19.5 Å². The maximum absolute atomic E-state index is 5.26. The molecule has 0 amide bonds. The van der Waals surface area contributed by atoms with E-state index in [0.29, 0.717) is 17.6 Å². The summed E-state index contributed by atoms with van der Waals surface area (Å²) in [5, 5.41) is 2.29. The monoisotopic (exact) mass is 728 g/mol. The fourth-order valence-corrected chi connectivity index (χ4v) is 9.34. The Morgan fingerprint density at radius 1 is 0.509 bits per heavy atom. The predicted octanol–water partition coefficient (Wildman–Crippen LogP) is 12.8. The first kappa shape index (κ1) is 33.0. The second-order valence-corrected chi connectivity index (χ2v) is 14.9. The molecule has 11 rings (SSSR count). The van der Waals surface area contributed by atoms with Gasteiger partial charge in [0.05, 0.1) is 16.4 Å². The normalized spacial score (nSPS) is 13.6. The molecule has 0 aliphatic heterocycles. The molecule has 4 nitrogen and oxygen atoms in total. The summed E-state index contributed by atoms with van der Waals surface area (Å²) in [6, 6.07) is 58.9. The van der Waals surface area contributed by atoms with Gasteiger partial charge in [0.15, 0.2) is 11.6 Å². The van der Waals surface area contributed by atoms with Crippen molar-refractivity contribution in [3.63, 3.8) is 0 Å². The minimum atomic E-state index is -0.460. The SMILES string of the molecule is C=C/C=C\C=C(/C)c1ccc2c(c1)c1cc3c(cc1n2-c1nc(-c2ccccc2)nc(-c2ccccc2)n1)-c1ccccc1C31c2ccccc2-c2ccccc21. The van der Waals surface area contributed by atoms with E-state index in [4.69, 9.17) is 15.0 Å². The first-order chi connectivity index (χ1) is 28.1. The molecule has 2 heterocycles. The van der Waals surface area contributed by atoms with Crippen LogP contribution in [0.1, 0.15) is 34.7 Å². The first-order valence-corrected chi connectivity index (χ1v) is 19.4. The third-order valence-electron chi connectivity index (χ3n) is 11.8. The second-order valence-electron chi connectivity index (χ2n) is 14.9. The van der Waals surface area contributed by atoms with Gasteiger partial charge in [-0.2, -0.15) is 9.97 Å². The van der Waals surface area contributed by atoms with Crippen LogP contribution in [0.2, 0.25) is 0 Å². The Labute approximate surface area is 331 Å². The van der Waals surface area contributed by atoms with Crippen molar-refractivity contribution in [1.29, 1.82) is 0 Å². The number of hydrogen-bond acceptors (Lipinski definition) is 3. The number of aromatic nitrogens is 4. The lowest BCUT2D eigenvalue weighted by atomic mass is 9.70. The molecule has 7 aromatic carbocycles. The fraction of sp³-hybridized carbons (Fsp3) is 0.0377. The average molecular weight is 729 g/mol. The Balaban J connectivity index is 1.26. The first-order valence-electron chi connectivity index (χ1n) is 19.4. The van der Waals surface area contributed by atoms with Crippen LogP contribution in [0.5, 0.6) is 0 Å². The highest BCUT2D eigenvalue weighted by atomic mass is 15.2. The molecule has 0 atom stereocenters. The molecule has 1 spiro atoms. The van der Waals surface area contributed by atoms with E-state index in [0.717, 1.165) is 44.1 Å². The molecule has 0 unspecified atom stereocenters. The Morgan fingerprint density at radius 3 is 1.61 bits per heavy atom. The van der Waals surface area contributed by atoms with Gasteiger partial charge >= 0.3 is 0 Å². The maximum atomic E-state index is 5.26. The molecule has 0 bridgehead atoms. The molecule has 0 fully saturated rings. The van der Waals surface area contributed by atoms with Crippen LogP contribution >= 0.6 is 0 Å². The highest BCUT2D eigenvalue weighted by molar-refractivity contribution is 6.13. The van der Waals surface area contributed by atoms with E-state index in [-0.39, 0.29) is 0 Å². The summed E-state index contributed by atoms with van der Waals surface area (Å²) < 4.78 is 2.25. The van der Waals surface area contributed by atoms with Gasteiger partial charge in [-0.15, -0.1) is 0 Å². The number of fused-ring (bicyclic) bond motifs is 13. The van der Waals surface area contributed by atoms with Gasteiger partial charge in [-0.3, -0.25) is 4.57 Å². The second kappa shape index (κ2) is 12.8. The Bertz CT molecular complexity index is 3050. The molecule has 57 heavy (non-hydrogen) atoms. The van der Waals surface area contributed by atoms with Crippen molar-refractivity contribution in [2.45, 2.75) is 12.3 Å². The smallest absolute Gasteiger partial charge is 0.238 e. The molecular weight excluding hydrogens is 693 g/mol. The van der Waals surface area contributed by atoms with E-state index in [1.54, 1.807) is 6.08 Å². The molecule has 9 aromatic rings. The van der Waals surface area contributed by atoms with Crippen LogP contribution in [0.4, 0.5) is 0 Å². The lowest BCUT2D eigenvalue weighted by Gasteiger charge is -2.30. The zero-order valence-electron chi connectivity index (χ0n) is 31.4. The third-order valence-corrected chi connectivity index (χ3v) is 11.8. The van der Waals surface area contributed by atoms with E-state index in [1.165, 1.54) is 44.5 Å². The van der Waals surface area contributed by atoms with Gasteiger partial charge in [-0.05, 0) is 86.8 Å². The van der Waals surface area contributed by atoms with E-state index in [1.807, 2.05) is 48.6 Å². The summed E-state index contributed by atoms with van der Waals surface area (Å²) in [4.78, 5) is 15.6. The van der Waals surface area contributed by atoms with E-state index >= 15 is 0 Å². The Morgan fingerprint density at radius 2 is 1.04 bits per heavy atom. The molecule has 4 heteroatoms. The highest BCUT2D eigenvalue weighted by Crippen LogP contribution is 2.63. The van der Waals surface area contributed by atoms with Crippen LogP contribution in [0.15, 0.2) is 195 Å². The number of allylic oxidation sites excluding steroid dienone is 5. The number of hydrogen-bond donors (Lipinski definition) is 0. The maximum Gasteiger partial charge on any atom is 0.238 e. The van der Waals surface area contributed by atoms with Crippen molar-refractivity contribution >= 4 is 27.4 Å². The number of rotatable bonds is 6. The molecule has 268 valence electrons. The summed E-state index contributed by atoms with van der Waals surface area (Å²) in [6.45, 7) is 6.02. The fourth-order valence-electron chi connectivity index (χ4n) is 9.34. The summed E-state index contributed by atoms with van der Waals surface area (Å²) in [7, 11) is 0. The van der Waals surface area contributed by atoms with Gasteiger partial charge in [0.1, 0.15) is 0 Å². The van der Waals surface area contributed by atoms with Crippen molar-refractivity contribution in [3.05, 3.63) is 222 Å². The van der Waals surface area contributed by atoms with Gasteiger partial charge in [-0.1, -0.05) is 170 Å². The molecule has 2 aliphatic carbocycles. The van der Waals surface area contributed by atoms with Crippen molar-refractivity contribution in [2.75, 3.05) is 0 Å². The molecule has 0 N–H and O–H groups in total. The summed E-state index contributed by atoms with van der Waals surface area (Å²) in [6.07, 6.45) is 7.94. The van der Waals surface area contributed by atoms with E-state index in [9.17, 15) is 0 Å². The quantitative estimate of drug-likeness (QED) is 0.160. The lowest BCUT2D eigenvalue weighted by molar-refractivity contribution is 0.795. The van der Waals surface area contributed by atoms with Crippen LogP contribution in [0, 0.1) is 0 Å². The highest BCUT2D eigenvalue weighted by Gasteiger charge is 2.51. The van der Waals surface area contributed by atoms with Gasteiger partial charge in [0.25, 0.3) is 0 Å². The summed E-state index contributed by atoms with van der Waals surface area (Å²) in [5.74, 6) is 1.83. The van der Waals surface area contributed by atoms with Crippen molar-refractivity contribution in [3.8, 4) is 51.0 Å². The van der Waals surface area contributed by atoms with Gasteiger partial charge in [-0.25, -0.2) is 4.98 Å². The molecule has 2 aliphatic rings. The molecular formula is C53H36N4. The standard InChI is InChI=1S/C53H36N4/c1-3-4-7-18-34(2)37-29-30-48-42(31-37)43-32-47-41(40-25-14-17-28-46(40)53(47)44-26-15-12-23-38(44)39-24-13-16-27-45(39)53)33-49(43)57(48)52-55-50(35-19-8-5-9-20-35)54-51(56-52)36-21-10-6-11-22-36/h3-33H,1H2,2H3/b7-4-,34-18+. The average Bonchev–Trinajstić information content (AvgIpc) is 3.87. The largest absolute Gasteiger partial charge is 0.278 e. The summed E-state index contributed by atoms with van der Waals surface area (Å²) in [5.41, 5.74) is 16.1. The molecule has 0 saturated carbocycles. The minimum absolute atomic E-state index is 0.460. The van der Waals surface area contributed by atoms with Crippen LogP contribution in [-0.2, 0) is 5.41 Å². The van der Waals surface area contributed by atoms with E-state index in [2.05, 4.69) is 152 Å². The van der Waals surface area contributed by atoms with Crippen LogP contribution in [0.3, 0.4) is 0 Å². The van der Waals surface area contributed by atoms with Crippen molar-refractivity contribution < 1.29 is 0 Å². The lowest BCUT2D eigenvalue weighted by Crippen LogP contribution is -2.25. The summed E-state index contributed by atoms with van der Waals surface area (Å²) >= 11 is 0. The number of benzene rings is 7. The minimum Gasteiger partial charge on any atom is -0.278 e. The topological polar surface area (TPSA) is 43.6 Å². The van der Waals surface area contributed by atoms with Gasteiger partial charge < -0.3 is 0 Å².